The maximum atomic E-state index is 6.21. The van der Waals surface area contributed by atoms with Gasteiger partial charge in [0.25, 0.3) is 0 Å². The minimum atomic E-state index is 0.430. The molecule has 1 heterocycles. The quantitative estimate of drug-likeness (QED) is 0.535. The van der Waals surface area contributed by atoms with Crippen molar-refractivity contribution in [3.63, 3.8) is 0 Å². The van der Waals surface area contributed by atoms with Crippen LogP contribution >= 0.6 is 11.6 Å². The van der Waals surface area contributed by atoms with Gasteiger partial charge in [0.2, 0.25) is 0 Å². The number of aryl methyl sites for hydroxylation is 1. The maximum Gasteiger partial charge on any atom is 0.123 e. The van der Waals surface area contributed by atoms with Gasteiger partial charge in [0, 0.05) is 23.3 Å². The lowest BCUT2D eigenvalue weighted by Crippen LogP contribution is -2.04. The topological polar surface area (TPSA) is 22.1 Å². The second-order valence-electron chi connectivity index (χ2n) is 6.70. The molecule has 0 aliphatic heterocycles. The highest BCUT2D eigenvalue weighted by atomic mass is 35.5. The van der Waals surface area contributed by atoms with Crippen molar-refractivity contribution in [3.8, 4) is 5.75 Å². The van der Waals surface area contributed by atoms with Crippen LogP contribution in [0.15, 0.2) is 78.7 Å². The molecule has 2 nitrogen and oxygen atoms in total. The molecule has 1 atom stereocenters. The van der Waals surface area contributed by atoms with Gasteiger partial charge in [-0.3, -0.25) is 4.98 Å². The van der Waals surface area contributed by atoms with E-state index in [0.717, 1.165) is 41.2 Å². The van der Waals surface area contributed by atoms with E-state index in [2.05, 4.69) is 36.7 Å². The number of rotatable bonds is 7. The minimum Gasteiger partial charge on any atom is -0.489 e. The van der Waals surface area contributed by atoms with Crippen LogP contribution in [0.5, 0.6) is 5.75 Å². The second kappa shape index (κ2) is 8.86. The first-order chi connectivity index (χ1) is 12.6. The van der Waals surface area contributed by atoms with Crippen LogP contribution in [-0.2, 0) is 13.0 Å². The average molecular weight is 366 g/mol. The second-order valence-corrected chi connectivity index (χ2v) is 7.14. The Balaban J connectivity index is 1.62. The van der Waals surface area contributed by atoms with E-state index in [-0.39, 0.29) is 0 Å². The predicted octanol–water partition coefficient (Wildman–Crippen LogP) is 6.33. The van der Waals surface area contributed by atoms with Gasteiger partial charge in [-0.15, -0.1) is 0 Å². The van der Waals surface area contributed by atoms with Crippen molar-refractivity contribution >= 4 is 11.6 Å². The van der Waals surface area contributed by atoms with Crippen molar-refractivity contribution < 1.29 is 4.74 Å². The fourth-order valence-corrected chi connectivity index (χ4v) is 3.23. The fourth-order valence-electron chi connectivity index (χ4n) is 3.04. The van der Waals surface area contributed by atoms with Crippen LogP contribution in [0, 0.1) is 5.92 Å². The highest BCUT2D eigenvalue weighted by Gasteiger charge is 2.13. The van der Waals surface area contributed by atoms with Gasteiger partial charge < -0.3 is 4.74 Å². The van der Waals surface area contributed by atoms with E-state index >= 15 is 0 Å². The molecule has 2 aromatic rings. The van der Waals surface area contributed by atoms with E-state index in [0.29, 0.717) is 12.5 Å². The van der Waals surface area contributed by atoms with Crippen molar-refractivity contribution in [2.75, 3.05) is 0 Å². The Morgan fingerprint density at radius 3 is 2.81 bits per heavy atom. The highest BCUT2D eigenvalue weighted by molar-refractivity contribution is 6.30. The Labute approximate surface area is 160 Å². The summed E-state index contributed by atoms with van der Waals surface area (Å²) in [6, 6.07) is 9.75. The van der Waals surface area contributed by atoms with Crippen molar-refractivity contribution in [3.05, 3.63) is 94.8 Å². The SMILES string of the molecule is C=C(CCc1cc(Cl)ccc1OCc1ccncc1)C1C=CC(C)=CC1. The number of ether oxygens (including phenoxy) is 1. The Bertz CT molecular complexity index is 823. The number of halogens is 1. The number of nitrogens with zero attached hydrogens (tertiary/aromatic N) is 1. The lowest BCUT2D eigenvalue weighted by molar-refractivity contribution is 0.302. The third kappa shape index (κ3) is 5.09. The summed E-state index contributed by atoms with van der Waals surface area (Å²) in [6.45, 7) is 6.96. The van der Waals surface area contributed by atoms with Crippen molar-refractivity contribution in [1.82, 2.24) is 4.98 Å². The average Bonchev–Trinajstić information content (AvgIpc) is 2.66. The van der Waals surface area contributed by atoms with Crippen molar-refractivity contribution in [1.29, 1.82) is 0 Å². The molecule has 0 bridgehead atoms. The normalized spacial score (nSPS) is 16.2. The molecule has 0 radical (unpaired) electrons. The lowest BCUT2D eigenvalue weighted by atomic mass is 9.88. The molecule has 1 aliphatic rings. The molecule has 1 aliphatic carbocycles. The first-order valence-electron chi connectivity index (χ1n) is 8.94. The van der Waals surface area contributed by atoms with Gasteiger partial charge in [-0.2, -0.15) is 0 Å². The van der Waals surface area contributed by atoms with Gasteiger partial charge in [0.1, 0.15) is 12.4 Å². The van der Waals surface area contributed by atoms with Crippen LogP contribution < -0.4 is 4.74 Å². The van der Waals surface area contributed by atoms with Gasteiger partial charge in [-0.25, -0.2) is 0 Å². The van der Waals surface area contributed by atoms with E-state index in [1.807, 2.05) is 30.3 Å². The van der Waals surface area contributed by atoms with E-state index in [9.17, 15) is 0 Å². The molecule has 0 saturated carbocycles. The fraction of sp³-hybridized carbons (Fsp3) is 0.261. The number of hydrogen-bond donors (Lipinski definition) is 0. The first-order valence-corrected chi connectivity index (χ1v) is 9.32. The van der Waals surface area contributed by atoms with Crippen molar-refractivity contribution in [2.24, 2.45) is 5.92 Å². The molecule has 26 heavy (non-hydrogen) atoms. The molecule has 0 fully saturated rings. The van der Waals surface area contributed by atoms with E-state index in [1.165, 1.54) is 11.1 Å². The third-order valence-electron chi connectivity index (χ3n) is 4.69. The largest absolute Gasteiger partial charge is 0.489 e. The third-order valence-corrected chi connectivity index (χ3v) is 4.93. The molecular weight excluding hydrogens is 342 g/mol. The summed E-state index contributed by atoms with van der Waals surface area (Å²) in [5, 5.41) is 0.734. The van der Waals surface area contributed by atoms with Gasteiger partial charge in [-0.1, -0.05) is 47.6 Å². The van der Waals surface area contributed by atoms with Gasteiger partial charge in [0.05, 0.1) is 0 Å². The molecule has 0 N–H and O–H groups in total. The number of aromatic nitrogens is 1. The monoisotopic (exact) mass is 365 g/mol. The summed E-state index contributed by atoms with van der Waals surface area (Å²) >= 11 is 6.21. The molecule has 3 rings (SSSR count). The summed E-state index contributed by atoms with van der Waals surface area (Å²) in [5.74, 6) is 1.31. The molecule has 1 unspecified atom stereocenters. The molecular formula is C23H24ClNO. The molecule has 3 heteroatoms. The molecule has 134 valence electrons. The molecule has 0 amide bonds. The molecule has 1 aromatic heterocycles. The minimum absolute atomic E-state index is 0.430. The molecule has 0 spiro atoms. The summed E-state index contributed by atoms with van der Waals surface area (Å²) in [5.41, 5.74) is 4.81. The lowest BCUT2D eigenvalue weighted by Gasteiger charge is -2.18. The van der Waals surface area contributed by atoms with Gasteiger partial charge in [0.15, 0.2) is 0 Å². The molecule has 1 aromatic carbocycles. The van der Waals surface area contributed by atoms with Crippen LogP contribution in [0.4, 0.5) is 0 Å². The van der Waals surface area contributed by atoms with E-state index in [1.54, 1.807) is 12.4 Å². The number of pyridine rings is 1. The zero-order valence-corrected chi connectivity index (χ0v) is 15.9. The Morgan fingerprint density at radius 2 is 2.08 bits per heavy atom. The van der Waals surface area contributed by atoms with E-state index in [4.69, 9.17) is 16.3 Å². The van der Waals surface area contributed by atoms with Gasteiger partial charge >= 0.3 is 0 Å². The van der Waals surface area contributed by atoms with Crippen LogP contribution in [0.3, 0.4) is 0 Å². The first kappa shape index (κ1) is 18.5. The van der Waals surface area contributed by atoms with Gasteiger partial charge in [-0.05, 0) is 67.6 Å². The number of benzene rings is 1. The maximum absolute atomic E-state index is 6.21. The zero-order chi connectivity index (χ0) is 18.4. The zero-order valence-electron chi connectivity index (χ0n) is 15.1. The summed E-state index contributed by atoms with van der Waals surface area (Å²) < 4.78 is 6.03. The number of hydrogen-bond acceptors (Lipinski definition) is 2. The molecule has 0 saturated heterocycles. The van der Waals surface area contributed by atoms with Crippen LogP contribution in [0.2, 0.25) is 5.02 Å². The smallest absolute Gasteiger partial charge is 0.123 e. The van der Waals surface area contributed by atoms with Crippen LogP contribution in [0.1, 0.15) is 30.9 Å². The Hall–Kier alpha value is -2.32. The van der Waals surface area contributed by atoms with E-state index < -0.39 is 0 Å². The Morgan fingerprint density at radius 1 is 1.27 bits per heavy atom. The van der Waals surface area contributed by atoms with Crippen molar-refractivity contribution in [2.45, 2.75) is 32.8 Å². The number of allylic oxidation sites excluding steroid dienone is 5. The predicted molar refractivity (Wildman–Crippen MR) is 108 cm³/mol. The van der Waals surface area contributed by atoms with Crippen LogP contribution in [-0.4, -0.2) is 4.98 Å². The summed E-state index contributed by atoms with van der Waals surface area (Å²) in [4.78, 5) is 4.04. The van der Waals surface area contributed by atoms with Crippen LogP contribution in [0.25, 0.3) is 0 Å². The Kier molecular flexibility index (Phi) is 6.30. The highest BCUT2D eigenvalue weighted by Crippen LogP contribution is 2.29. The summed E-state index contributed by atoms with van der Waals surface area (Å²) in [7, 11) is 0. The summed E-state index contributed by atoms with van der Waals surface area (Å²) in [6.07, 6.45) is 13.1. The standard InChI is InChI=1S/C23H24ClNO/c1-17-3-6-20(7-4-17)18(2)5-8-21-15-22(24)9-10-23(21)26-16-19-11-13-25-14-12-19/h3-4,6,9-15,20H,2,5,7-8,16H2,1H3.